The highest BCUT2D eigenvalue weighted by Gasteiger charge is 2.15. The molecule has 0 aliphatic rings. The zero-order valence-electron chi connectivity index (χ0n) is 10.0. The molecule has 1 aromatic carbocycles. The molecule has 2 aromatic heterocycles. The van der Waals surface area contributed by atoms with E-state index in [1.807, 2.05) is 13.2 Å². The molecule has 0 atom stereocenters. The zero-order valence-corrected chi connectivity index (χ0v) is 10.8. The van der Waals surface area contributed by atoms with Crippen molar-refractivity contribution >= 4 is 17.3 Å². The van der Waals surface area contributed by atoms with Crippen LogP contribution in [-0.2, 0) is 7.05 Å². The van der Waals surface area contributed by atoms with E-state index in [9.17, 15) is 0 Å². The fraction of sp³-hybridized carbons (Fsp3) is 0.0909. The summed E-state index contributed by atoms with van der Waals surface area (Å²) in [5, 5.41) is 16.4. The molecule has 2 N–H and O–H groups in total. The molecule has 8 heteroatoms. The van der Waals surface area contributed by atoms with Crippen molar-refractivity contribution in [1.82, 2.24) is 30.0 Å². The van der Waals surface area contributed by atoms with Crippen molar-refractivity contribution in [1.29, 1.82) is 0 Å². The third kappa shape index (κ3) is 2.04. The number of tetrazole rings is 1. The average Bonchev–Trinajstić information content (AvgIpc) is 3.00. The van der Waals surface area contributed by atoms with Gasteiger partial charge in [-0.1, -0.05) is 11.6 Å². The van der Waals surface area contributed by atoms with E-state index in [0.717, 1.165) is 0 Å². The van der Waals surface area contributed by atoms with Crippen molar-refractivity contribution in [3.8, 4) is 17.2 Å². The van der Waals surface area contributed by atoms with Gasteiger partial charge in [0, 0.05) is 35.6 Å². The zero-order chi connectivity index (χ0) is 13.4. The Balaban J connectivity index is 2.17. The molecule has 3 rings (SSSR count). The van der Waals surface area contributed by atoms with Gasteiger partial charge in [-0.15, -0.1) is 5.10 Å². The Bertz CT molecular complexity index is 730. The molecular formula is C11H10ClN7. The molecule has 7 nitrogen and oxygen atoms in total. The van der Waals surface area contributed by atoms with Crippen molar-refractivity contribution in [3.63, 3.8) is 0 Å². The van der Waals surface area contributed by atoms with Gasteiger partial charge in [-0.05, 0) is 28.6 Å². The summed E-state index contributed by atoms with van der Waals surface area (Å²) >= 11 is 5.98. The Morgan fingerprint density at radius 2 is 2.11 bits per heavy atom. The molecular weight excluding hydrogens is 266 g/mol. The van der Waals surface area contributed by atoms with Crippen molar-refractivity contribution in [2.24, 2.45) is 7.05 Å². The van der Waals surface area contributed by atoms with E-state index in [-0.39, 0.29) is 0 Å². The molecule has 0 amide bonds. The third-order valence-corrected chi connectivity index (χ3v) is 2.88. The highest BCUT2D eigenvalue weighted by molar-refractivity contribution is 6.31. The molecule has 0 unspecified atom stereocenters. The molecule has 0 spiro atoms. The summed E-state index contributed by atoms with van der Waals surface area (Å²) in [5.74, 6) is 1.11. The first-order valence-corrected chi connectivity index (χ1v) is 5.87. The number of rotatable bonds is 2. The minimum absolute atomic E-state index is 0.499. The second kappa shape index (κ2) is 4.36. The predicted molar refractivity (Wildman–Crippen MR) is 70.8 cm³/mol. The number of nitrogens with two attached hydrogens (primary N) is 1. The molecule has 3 aromatic rings. The SMILES string of the molecule is Cn1ccc(-n2nnnc2-c2cc(Cl)ccc2N)n1. The van der Waals surface area contributed by atoms with Gasteiger partial charge in [-0.2, -0.15) is 9.78 Å². The fourth-order valence-corrected chi connectivity index (χ4v) is 1.92. The number of halogens is 1. The van der Waals surface area contributed by atoms with Crippen LogP contribution in [0.5, 0.6) is 0 Å². The van der Waals surface area contributed by atoms with Crippen LogP contribution in [0.25, 0.3) is 17.2 Å². The largest absolute Gasteiger partial charge is 0.398 e. The maximum Gasteiger partial charge on any atom is 0.191 e. The number of nitrogen functional groups attached to an aromatic ring is 1. The Labute approximate surface area is 113 Å². The van der Waals surface area contributed by atoms with Crippen LogP contribution < -0.4 is 5.73 Å². The maximum atomic E-state index is 5.98. The lowest BCUT2D eigenvalue weighted by molar-refractivity contribution is 0.715. The number of hydrogen-bond acceptors (Lipinski definition) is 5. The van der Waals surface area contributed by atoms with E-state index in [2.05, 4.69) is 20.6 Å². The van der Waals surface area contributed by atoms with Crippen LogP contribution in [0, 0.1) is 0 Å². The summed E-state index contributed by atoms with van der Waals surface area (Å²) in [6, 6.07) is 6.97. The van der Waals surface area contributed by atoms with Crippen LogP contribution in [0.2, 0.25) is 5.02 Å². The van der Waals surface area contributed by atoms with Crippen LogP contribution in [0.3, 0.4) is 0 Å². The average molecular weight is 276 g/mol. The summed E-state index contributed by atoms with van der Waals surface area (Å²) in [6.45, 7) is 0. The van der Waals surface area contributed by atoms with E-state index in [1.165, 1.54) is 4.68 Å². The molecule has 2 heterocycles. The number of aromatic nitrogens is 6. The second-order valence-electron chi connectivity index (χ2n) is 3.99. The number of anilines is 1. The molecule has 0 radical (unpaired) electrons. The minimum atomic E-state index is 0.499. The van der Waals surface area contributed by atoms with E-state index in [0.29, 0.717) is 27.9 Å². The molecule has 19 heavy (non-hydrogen) atoms. The van der Waals surface area contributed by atoms with Crippen molar-refractivity contribution in [3.05, 3.63) is 35.5 Å². The van der Waals surface area contributed by atoms with Crippen LogP contribution in [0.4, 0.5) is 5.69 Å². The normalized spacial score (nSPS) is 10.8. The van der Waals surface area contributed by atoms with Crippen molar-refractivity contribution in [2.75, 3.05) is 5.73 Å². The molecule has 0 saturated heterocycles. The van der Waals surface area contributed by atoms with Crippen LogP contribution >= 0.6 is 11.6 Å². The Morgan fingerprint density at radius 3 is 2.84 bits per heavy atom. The van der Waals surface area contributed by atoms with Gasteiger partial charge in [0.15, 0.2) is 11.6 Å². The van der Waals surface area contributed by atoms with Gasteiger partial charge >= 0.3 is 0 Å². The maximum absolute atomic E-state index is 5.98. The van der Waals surface area contributed by atoms with Crippen LogP contribution in [0.15, 0.2) is 30.5 Å². The Kier molecular flexibility index (Phi) is 2.68. The minimum Gasteiger partial charge on any atom is -0.398 e. The van der Waals surface area contributed by atoms with Crippen LogP contribution in [0.1, 0.15) is 0 Å². The van der Waals surface area contributed by atoms with Gasteiger partial charge < -0.3 is 5.73 Å². The van der Waals surface area contributed by atoms with Gasteiger partial charge in [0.25, 0.3) is 0 Å². The van der Waals surface area contributed by atoms with Gasteiger partial charge in [-0.3, -0.25) is 4.68 Å². The summed E-state index contributed by atoms with van der Waals surface area (Å²) in [5.41, 5.74) is 7.16. The molecule has 96 valence electrons. The van der Waals surface area contributed by atoms with E-state index < -0.39 is 0 Å². The summed E-state index contributed by atoms with van der Waals surface area (Å²) in [4.78, 5) is 0. The van der Waals surface area contributed by atoms with E-state index in [4.69, 9.17) is 17.3 Å². The quantitative estimate of drug-likeness (QED) is 0.712. The van der Waals surface area contributed by atoms with Crippen LogP contribution in [-0.4, -0.2) is 30.0 Å². The third-order valence-electron chi connectivity index (χ3n) is 2.64. The highest BCUT2D eigenvalue weighted by Crippen LogP contribution is 2.27. The number of benzene rings is 1. The Hall–Kier alpha value is -2.41. The fourth-order valence-electron chi connectivity index (χ4n) is 1.75. The lowest BCUT2D eigenvalue weighted by Crippen LogP contribution is -2.03. The lowest BCUT2D eigenvalue weighted by Gasteiger charge is -2.05. The lowest BCUT2D eigenvalue weighted by atomic mass is 10.1. The highest BCUT2D eigenvalue weighted by atomic mass is 35.5. The summed E-state index contributed by atoms with van der Waals surface area (Å²) < 4.78 is 3.18. The number of nitrogens with zero attached hydrogens (tertiary/aromatic N) is 6. The van der Waals surface area contributed by atoms with Gasteiger partial charge in [0.1, 0.15) is 0 Å². The van der Waals surface area contributed by atoms with Gasteiger partial charge in [0.05, 0.1) is 0 Å². The van der Waals surface area contributed by atoms with Gasteiger partial charge in [0.2, 0.25) is 0 Å². The number of aryl methyl sites for hydroxylation is 1. The molecule has 0 fully saturated rings. The van der Waals surface area contributed by atoms with Crippen molar-refractivity contribution < 1.29 is 0 Å². The second-order valence-corrected chi connectivity index (χ2v) is 4.43. The molecule has 0 aliphatic carbocycles. The standard InChI is InChI=1S/C11H10ClN7/c1-18-5-4-10(15-18)19-11(14-16-17-19)8-6-7(12)2-3-9(8)13/h2-6H,13H2,1H3. The van der Waals surface area contributed by atoms with Gasteiger partial charge in [-0.25, -0.2) is 0 Å². The first-order valence-electron chi connectivity index (χ1n) is 5.49. The van der Waals surface area contributed by atoms with E-state index >= 15 is 0 Å². The van der Waals surface area contributed by atoms with E-state index in [1.54, 1.807) is 28.9 Å². The molecule has 0 bridgehead atoms. The molecule has 0 saturated carbocycles. The summed E-state index contributed by atoms with van der Waals surface area (Å²) in [7, 11) is 1.82. The number of hydrogen-bond donors (Lipinski definition) is 1. The first-order chi connectivity index (χ1) is 9.15. The summed E-state index contributed by atoms with van der Waals surface area (Å²) in [6.07, 6.45) is 1.81. The predicted octanol–water partition coefficient (Wildman–Crippen LogP) is 1.30. The molecule has 0 aliphatic heterocycles. The Morgan fingerprint density at radius 1 is 1.26 bits per heavy atom. The van der Waals surface area contributed by atoms with Crippen molar-refractivity contribution in [2.45, 2.75) is 0 Å². The smallest absolute Gasteiger partial charge is 0.191 e. The monoisotopic (exact) mass is 275 g/mol. The topological polar surface area (TPSA) is 87.4 Å². The first kappa shape index (κ1) is 11.7.